The maximum absolute atomic E-state index is 13.7. The third-order valence-electron chi connectivity index (χ3n) is 4.68. The Kier molecular flexibility index (Phi) is 6.79. The molecule has 3 N–H and O–H groups in total. The zero-order valence-corrected chi connectivity index (χ0v) is 15.5. The number of ether oxygens (including phenoxy) is 1. The maximum Gasteiger partial charge on any atom is 0.238 e. The topological polar surface area (TPSA) is 62.4 Å². The molecule has 1 aliphatic heterocycles. The lowest BCUT2D eigenvalue weighted by atomic mass is 10.0. The lowest BCUT2D eigenvalue weighted by Gasteiger charge is -2.16. The minimum absolute atomic E-state index is 0.0213. The smallest absolute Gasteiger partial charge is 0.238 e. The van der Waals surface area contributed by atoms with Crippen LogP contribution in [-0.2, 0) is 11.3 Å². The Bertz CT molecular complexity index is 769. The molecule has 0 bridgehead atoms. The molecule has 0 saturated carbocycles. The number of benzene rings is 2. The number of unbranched alkanes of at least 4 members (excludes halogenated alkanes) is 1. The Hall–Kier alpha value is -2.44. The van der Waals surface area contributed by atoms with E-state index in [1.54, 1.807) is 18.2 Å². The summed E-state index contributed by atoms with van der Waals surface area (Å²) in [5, 5.41) is 2.80. The molecule has 0 aromatic heterocycles. The fourth-order valence-electron chi connectivity index (χ4n) is 3.11. The highest BCUT2D eigenvalue weighted by atomic mass is 19.1. The summed E-state index contributed by atoms with van der Waals surface area (Å²) in [6, 6.07) is 13.9. The second kappa shape index (κ2) is 9.48. The third kappa shape index (κ3) is 5.05. The van der Waals surface area contributed by atoms with E-state index in [9.17, 15) is 9.18 Å². The third-order valence-corrected chi connectivity index (χ3v) is 4.68. The molecular formula is C21H26FN3O2. The van der Waals surface area contributed by atoms with Crippen LogP contribution < -0.4 is 20.9 Å². The standard InChI is InChI=1S/C21H26FN3O2/c1-2-3-12-27-20-11-7-5-9-16(20)18-13-19(25-24-18)21(26)23-14-15-8-4-6-10-17(15)22/h4-11,18-19,24-25H,2-3,12-14H2,1H3,(H,23,26). The highest BCUT2D eigenvalue weighted by molar-refractivity contribution is 5.82. The number of carbonyl (C=O) groups is 1. The van der Waals surface area contributed by atoms with Crippen molar-refractivity contribution in [2.45, 2.75) is 44.8 Å². The number of hydrogen-bond donors (Lipinski definition) is 3. The van der Waals surface area contributed by atoms with Crippen LogP contribution >= 0.6 is 0 Å². The fraction of sp³-hybridized carbons (Fsp3) is 0.381. The van der Waals surface area contributed by atoms with E-state index in [-0.39, 0.29) is 30.4 Å². The molecule has 2 aromatic carbocycles. The molecular weight excluding hydrogens is 345 g/mol. The van der Waals surface area contributed by atoms with Gasteiger partial charge in [0.15, 0.2) is 0 Å². The van der Waals surface area contributed by atoms with Crippen molar-refractivity contribution in [3.05, 3.63) is 65.5 Å². The first-order chi connectivity index (χ1) is 13.2. The molecule has 27 heavy (non-hydrogen) atoms. The van der Waals surface area contributed by atoms with Gasteiger partial charge in [0, 0.05) is 17.7 Å². The number of carbonyl (C=O) groups excluding carboxylic acids is 1. The van der Waals surface area contributed by atoms with Gasteiger partial charge in [-0.1, -0.05) is 49.7 Å². The molecule has 2 unspecified atom stereocenters. The normalized spacial score (nSPS) is 19.0. The van der Waals surface area contributed by atoms with Crippen LogP contribution in [0.2, 0.25) is 0 Å². The monoisotopic (exact) mass is 371 g/mol. The van der Waals surface area contributed by atoms with Crippen LogP contribution in [0.3, 0.4) is 0 Å². The number of amides is 1. The van der Waals surface area contributed by atoms with Crippen molar-refractivity contribution in [3.8, 4) is 5.75 Å². The van der Waals surface area contributed by atoms with E-state index in [4.69, 9.17) is 4.74 Å². The van der Waals surface area contributed by atoms with E-state index in [2.05, 4.69) is 23.1 Å². The zero-order valence-electron chi connectivity index (χ0n) is 15.5. The lowest BCUT2D eigenvalue weighted by molar-refractivity contribution is -0.123. The highest BCUT2D eigenvalue weighted by Gasteiger charge is 2.31. The van der Waals surface area contributed by atoms with Crippen LogP contribution in [0.25, 0.3) is 0 Å². The second-order valence-electron chi connectivity index (χ2n) is 6.68. The van der Waals surface area contributed by atoms with Gasteiger partial charge < -0.3 is 10.1 Å². The van der Waals surface area contributed by atoms with Crippen LogP contribution in [0, 0.1) is 5.82 Å². The molecule has 5 nitrogen and oxygen atoms in total. The Balaban J connectivity index is 1.57. The van der Waals surface area contributed by atoms with Crippen molar-refractivity contribution in [2.24, 2.45) is 0 Å². The molecule has 0 spiro atoms. The average molecular weight is 371 g/mol. The molecule has 6 heteroatoms. The van der Waals surface area contributed by atoms with E-state index in [1.165, 1.54) is 6.07 Å². The quantitative estimate of drug-likeness (QED) is 0.624. The summed E-state index contributed by atoms with van der Waals surface area (Å²) in [5.74, 6) is 0.377. The lowest BCUT2D eigenvalue weighted by Crippen LogP contribution is -2.42. The molecule has 0 radical (unpaired) electrons. The average Bonchev–Trinajstić information content (AvgIpc) is 3.18. The molecule has 1 heterocycles. The van der Waals surface area contributed by atoms with Crippen LogP contribution in [0.5, 0.6) is 5.75 Å². The van der Waals surface area contributed by atoms with Gasteiger partial charge in [-0.3, -0.25) is 4.79 Å². The Morgan fingerprint density at radius 1 is 1.19 bits per heavy atom. The van der Waals surface area contributed by atoms with Gasteiger partial charge in [0.2, 0.25) is 5.91 Å². The first-order valence-electron chi connectivity index (χ1n) is 9.43. The number of hydrogen-bond acceptors (Lipinski definition) is 4. The minimum atomic E-state index is -0.384. The van der Waals surface area contributed by atoms with Crippen molar-refractivity contribution >= 4 is 5.91 Å². The molecule has 2 atom stereocenters. The van der Waals surface area contributed by atoms with E-state index in [0.717, 1.165) is 24.2 Å². The largest absolute Gasteiger partial charge is 0.493 e. The first-order valence-corrected chi connectivity index (χ1v) is 9.43. The zero-order chi connectivity index (χ0) is 19.1. The summed E-state index contributed by atoms with van der Waals surface area (Å²) >= 11 is 0. The summed E-state index contributed by atoms with van der Waals surface area (Å²) in [6.45, 7) is 2.98. The number of hydrazine groups is 1. The number of halogens is 1. The molecule has 1 amide bonds. The molecule has 3 rings (SSSR count). The summed E-state index contributed by atoms with van der Waals surface area (Å²) < 4.78 is 19.6. The summed E-state index contributed by atoms with van der Waals surface area (Å²) in [4.78, 5) is 12.4. The Morgan fingerprint density at radius 3 is 2.78 bits per heavy atom. The van der Waals surface area contributed by atoms with Crippen molar-refractivity contribution < 1.29 is 13.9 Å². The molecule has 2 aromatic rings. The number of para-hydroxylation sites is 1. The summed E-state index contributed by atoms with van der Waals surface area (Å²) in [6.07, 6.45) is 2.68. The van der Waals surface area contributed by atoms with E-state index < -0.39 is 0 Å². The van der Waals surface area contributed by atoms with Crippen molar-refractivity contribution in [1.82, 2.24) is 16.2 Å². The van der Waals surface area contributed by atoms with Crippen molar-refractivity contribution in [2.75, 3.05) is 6.61 Å². The van der Waals surface area contributed by atoms with Gasteiger partial charge in [0.25, 0.3) is 0 Å². The van der Waals surface area contributed by atoms with Gasteiger partial charge in [-0.25, -0.2) is 15.2 Å². The Morgan fingerprint density at radius 2 is 1.96 bits per heavy atom. The molecule has 1 aliphatic rings. The molecule has 144 valence electrons. The van der Waals surface area contributed by atoms with E-state index >= 15 is 0 Å². The van der Waals surface area contributed by atoms with Gasteiger partial charge in [0.05, 0.1) is 12.6 Å². The molecule has 0 aliphatic carbocycles. The van der Waals surface area contributed by atoms with Crippen LogP contribution in [-0.4, -0.2) is 18.6 Å². The minimum Gasteiger partial charge on any atom is -0.493 e. The van der Waals surface area contributed by atoms with Crippen LogP contribution in [0.1, 0.15) is 43.4 Å². The first kappa shape index (κ1) is 19.3. The predicted octanol–water partition coefficient (Wildman–Crippen LogP) is 3.23. The number of nitrogens with one attached hydrogen (secondary N) is 3. The fourth-order valence-corrected chi connectivity index (χ4v) is 3.11. The van der Waals surface area contributed by atoms with Gasteiger partial charge >= 0.3 is 0 Å². The SMILES string of the molecule is CCCCOc1ccccc1C1CC(C(=O)NCc2ccccc2F)NN1. The highest BCUT2D eigenvalue weighted by Crippen LogP contribution is 2.30. The molecule has 1 saturated heterocycles. The van der Waals surface area contributed by atoms with Crippen LogP contribution in [0.4, 0.5) is 4.39 Å². The van der Waals surface area contributed by atoms with Gasteiger partial charge in [-0.05, 0) is 25.0 Å². The summed E-state index contributed by atoms with van der Waals surface area (Å²) in [5.41, 5.74) is 7.73. The summed E-state index contributed by atoms with van der Waals surface area (Å²) in [7, 11) is 0. The van der Waals surface area contributed by atoms with E-state index in [0.29, 0.717) is 18.6 Å². The predicted molar refractivity (Wildman–Crippen MR) is 103 cm³/mol. The van der Waals surface area contributed by atoms with Crippen molar-refractivity contribution in [3.63, 3.8) is 0 Å². The van der Waals surface area contributed by atoms with Crippen LogP contribution in [0.15, 0.2) is 48.5 Å². The van der Waals surface area contributed by atoms with Gasteiger partial charge in [-0.2, -0.15) is 0 Å². The Labute approximate surface area is 159 Å². The maximum atomic E-state index is 13.7. The van der Waals surface area contributed by atoms with E-state index in [1.807, 2.05) is 24.3 Å². The number of rotatable bonds is 8. The molecule has 1 fully saturated rings. The van der Waals surface area contributed by atoms with Gasteiger partial charge in [-0.15, -0.1) is 0 Å². The van der Waals surface area contributed by atoms with Gasteiger partial charge in [0.1, 0.15) is 17.6 Å². The second-order valence-corrected chi connectivity index (χ2v) is 6.68. The van der Waals surface area contributed by atoms with Crippen molar-refractivity contribution in [1.29, 1.82) is 0 Å².